The van der Waals surface area contributed by atoms with Gasteiger partial charge in [-0.15, -0.1) is 4.99 Å². The fraction of sp³-hybridized carbons (Fsp3) is 0.188. The maximum Gasteiger partial charge on any atom is 0.212 e. The van der Waals surface area contributed by atoms with E-state index < -0.39 is 0 Å². The molecule has 1 aromatic heterocycles. The van der Waals surface area contributed by atoms with E-state index in [4.69, 9.17) is 16.9 Å². The largest absolute Gasteiger partial charge is 0.348 e. The number of benzene rings is 1. The number of guanidine groups is 1. The van der Waals surface area contributed by atoms with Gasteiger partial charge in [-0.3, -0.25) is 4.98 Å². The first-order valence-electron chi connectivity index (χ1n) is 6.88. The van der Waals surface area contributed by atoms with Crippen molar-refractivity contribution in [3.63, 3.8) is 0 Å². The van der Waals surface area contributed by atoms with Gasteiger partial charge in [-0.2, -0.15) is 5.26 Å². The van der Waals surface area contributed by atoms with Crippen LogP contribution in [-0.2, 0) is 0 Å². The number of hydrogen-bond donors (Lipinski definition) is 2. The molecule has 1 heterocycles. The van der Waals surface area contributed by atoms with E-state index in [9.17, 15) is 0 Å². The van der Waals surface area contributed by atoms with Crippen molar-refractivity contribution in [3.05, 3.63) is 59.4 Å². The maximum absolute atomic E-state index is 8.86. The Kier molecular flexibility index (Phi) is 5.75. The van der Waals surface area contributed by atoms with Crippen LogP contribution in [0.1, 0.15) is 24.9 Å². The van der Waals surface area contributed by atoms with Crippen molar-refractivity contribution in [1.29, 1.82) is 5.26 Å². The second kappa shape index (κ2) is 8.01. The third-order valence-electron chi connectivity index (χ3n) is 3.06. The molecular weight excluding hydrogens is 298 g/mol. The summed E-state index contributed by atoms with van der Waals surface area (Å²) in [5.41, 5.74) is 1.79. The van der Waals surface area contributed by atoms with E-state index in [1.807, 2.05) is 37.3 Å². The molecule has 2 N–H and O–H groups in total. The van der Waals surface area contributed by atoms with Gasteiger partial charge in [-0.25, -0.2) is 0 Å². The molecule has 1 atom stereocenters. The normalized spacial score (nSPS) is 12.3. The Morgan fingerprint density at radius 3 is 2.91 bits per heavy atom. The Labute approximate surface area is 134 Å². The minimum atomic E-state index is -0.00466. The van der Waals surface area contributed by atoms with Gasteiger partial charge >= 0.3 is 0 Å². The van der Waals surface area contributed by atoms with Gasteiger partial charge in [0.25, 0.3) is 0 Å². The van der Waals surface area contributed by atoms with Crippen molar-refractivity contribution in [2.75, 3.05) is 5.32 Å². The molecule has 2 aromatic rings. The summed E-state index contributed by atoms with van der Waals surface area (Å²) in [6, 6.07) is 11.3. The number of rotatable bonds is 4. The first-order chi connectivity index (χ1) is 10.7. The Morgan fingerprint density at radius 2 is 2.27 bits per heavy atom. The fourth-order valence-electron chi connectivity index (χ4n) is 2.03. The molecule has 0 saturated carbocycles. The van der Waals surface area contributed by atoms with Crippen molar-refractivity contribution >= 4 is 23.2 Å². The molecule has 0 fully saturated rings. The lowest BCUT2D eigenvalue weighted by Crippen LogP contribution is -2.33. The van der Waals surface area contributed by atoms with Crippen LogP contribution in [0.5, 0.6) is 0 Å². The van der Waals surface area contributed by atoms with E-state index in [0.717, 1.165) is 17.7 Å². The minimum Gasteiger partial charge on any atom is -0.348 e. The van der Waals surface area contributed by atoms with E-state index in [2.05, 4.69) is 20.6 Å². The van der Waals surface area contributed by atoms with Crippen LogP contribution in [0.3, 0.4) is 0 Å². The predicted molar refractivity (Wildman–Crippen MR) is 88.5 cm³/mol. The smallest absolute Gasteiger partial charge is 0.212 e. The van der Waals surface area contributed by atoms with E-state index in [1.165, 1.54) is 0 Å². The number of nitriles is 1. The first-order valence-corrected chi connectivity index (χ1v) is 7.26. The number of anilines is 1. The highest BCUT2D eigenvalue weighted by atomic mass is 35.5. The minimum absolute atomic E-state index is 0.00466. The van der Waals surface area contributed by atoms with Crippen molar-refractivity contribution in [2.24, 2.45) is 4.99 Å². The number of pyridine rings is 1. The Morgan fingerprint density at radius 1 is 1.41 bits per heavy atom. The topological polar surface area (TPSA) is 73.1 Å². The van der Waals surface area contributed by atoms with Crippen LogP contribution in [0, 0.1) is 11.5 Å². The Hall–Kier alpha value is -2.58. The summed E-state index contributed by atoms with van der Waals surface area (Å²) in [6.45, 7) is 2.05. The molecule has 0 aliphatic heterocycles. The standard InChI is InChI=1S/C16H16ClN5/c1-2-15(12-5-3-6-13(17)9-12)22-16(20-11-18)21-14-7-4-8-19-10-14/h3-10,15H,2H2,1H3,(H2,20,21,22). The zero-order valence-electron chi connectivity index (χ0n) is 12.1. The lowest BCUT2D eigenvalue weighted by Gasteiger charge is -2.20. The summed E-state index contributed by atoms with van der Waals surface area (Å²) < 4.78 is 0. The summed E-state index contributed by atoms with van der Waals surface area (Å²) >= 11 is 6.04. The van der Waals surface area contributed by atoms with Crippen molar-refractivity contribution < 1.29 is 0 Å². The first kappa shape index (κ1) is 15.8. The van der Waals surface area contributed by atoms with Gasteiger partial charge in [0.2, 0.25) is 12.2 Å². The molecule has 22 heavy (non-hydrogen) atoms. The van der Waals surface area contributed by atoms with Crippen molar-refractivity contribution in [1.82, 2.24) is 10.3 Å². The van der Waals surface area contributed by atoms with Gasteiger partial charge in [-0.05, 0) is 36.2 Å². The van der Waals surface area contributed by atoms with Crippen LogP contribution in [-0.4, -0.2) is 10.9 Å². The van der Waals surface area contributed by atoms with E-state index in [-0.39, 0.29) is 6.04 Å². The van der Waals surface area contributed by atoms with E-state index >= 15 is 0 Å². The number of hydrogen-bond acceptors (Lipinski definition) is 3. The van der Waals surface area contributed by atoms with Gasteiger partial charge < -0.3 is 10.6 Å². The van der Waals surface area contributed by atoms with Gasteiger partial charge in [0.1, 0.15) is 0 Å². The van der Waals surface area contributed by atoms with Crippen molar-refractivity contribution in [2.45, 2.75) is 19.4 Å². The highest BCUT2D eigenvalue weighted by Gasteiger charge is 2.12. The zero-order chi connectivity index (χ0) is 15.8. The summed E-state index contributed by atoms with van der Waals surface area (Å²) in [4.78, 5) is 7.82. The quantitative estimate of drug-likeness (QED) is 0.512. The summed E-state index contributed by atoms with van der Waals surface area (Å²) in [6.07, 6.45) is 5.96. The van der Waals surface area contributed by atoms with Crippen molar-refractivity contribution in [3.8, 4) is 6.19 Å². The summed E-state index contributed by atoms with van der Waals surface area (Å²) in [5.74, 6) is 0.377. The lowest BCUT2D eigenvalue weighted by molar-refractivity contribution is 0.624. The predicted octanol–water partition coefficient (Wildman–Crippen LogP) is 3.72. The number of aromatic nitrogens is 1. The molecule has 0 saturated heterocycles. The molecule has 5 nitrogen and oxygen atoms in total. The average Bonchev–Trinajstić information content (AvgIpc) is 2.53. The Balaban J connectivity index is 2.16. The SMILES string of the molecule is CCC(N/C(=N\C#N)Nc1cccnc1)c1cccc(Cl)c1. The summed E-state index contributed by atoms with van der Waals surface area (Å²) in [5, 5.41) is 15.8. The van der Waals surface area contributed by atoms with Crippen LogP contribution >= 0.6 is 11.6 Å². The molecule has 0 bridgehead atoms. The van der Waals surface area contributed by atoms with Gasteiger partial charge in [0.15, 0.2) is 0 Å². The molecule has 0 aliphatic carbocycles. The maximum atomic E-state index is 8.86. The van der Waals surface area contributed by atoms with Crippen LogP contribution < -0.4 is 10.6 Å². The lowest BCUT2D eigenvalue weighted by atomic mass is 10.1. The molecule has 0 aliphatic rings. The molecule has 1 unspecified atom stereocenters. The second-order valence-electron chi connectivity index (χ2n) is 4.59. The number of halogens is 1. The average molecular weight is 314 g/mol. The molecule has 112 valence electrons. The molecule has 0 radical (unpaired) electrons. The molecule has 1 aromatic carbocycles. The molecule has 0 spiro atoms. The van der Waals surface area contributed by atoms with Gasteiger partial charge in [-0.1, -0.05) is 30.7 Å². The molecule has 2 rings (SSSR count). The Bertz CT molecular complexity index is 678. The van der Waals surface area contributed by atoms with Gasteiger partial charge in [0, 0.05) is 11.2 Å². The van der Waals surface area contributed by atoms with Crippen LogP contribution in [0.4, 0.5) is 5.69 Å². The monoisotopic (exact) mass is 313 g/mol. The van der Waals surface area contributed by atoms with Crippen LogP contribution in [0.2, 0.25) is 5.02 Å². The zero-order valence-corrected chi connectivity index (χ0v) is 12.9. The fourth-order valence-corrected chi connectivity index (χ4v) is 2.23. The summed E-state index contributed by atoms with van der Waals surface area (Å²) in [7, 11) is 0. The highest BCUT2D eigenvalue weighted by molar-refractivity contribution is 6.30. The van der Waals surface area contributed by atoms with E-state index in [0.29, 0.717) is 11.0 Å². The highest BCUT2D eigenvalue weighted by Crippen LogP contribution is 2.20. The molecular formula is C16H16ClN5. The second-order valence-corrected chi connectivity index (χ2v) is 5.02. The molecule has 6 heteroatoms. The molecule has 0 amide bonds. The number of nitrogens with zero attached hydrogens (tertiary/aromatic N) is 3. The van der Waals surface area contributed by atoms with Gasteiger partial charge in [0.05, 0.1) is 17.9 Å². The van der Waals surface area contributed by atoms with Crippen LogP contribution in [0.25, 0.3) is 0 Å². The number of nitrogens with one attached hydrogen (secondary N) is 2. The number of aliphatic imine (C=N–C) groups is 1. The third-order valence-corrected chi connectivity index (χ3v) is 3.29. The third kappa shape index (κ3) is 4.47. The van der Waals surface area contributed by atoms with E-state index in [1.54, 1.807) is 24.7 Å². The van der Waals surface area contributed by atoms with Crippen LogP contribution in [0.15, 0.2) is 53.8 Å².